The number of aryl methyl sites for hydroxylation is 1. The number of phenolic OH excluding ortho intramolecular Hbond substituents is 1. The number of hydrogen-bond acceptors (Lipinski definition) is 10. The van der Waals surface area contributed by atoms with Gasteiger partial charge in [0.2, 0.25) is 6.29 Å². The fraction of sp³-hybridized carbons (Fsp3) is 0.357. The minimum absolute atomic E-state index is 0.00456. The van der Waals surface area contributed by atoms with Crippen LogP contribution in [0.4, 0.5) is 0 Å². The number of fused-ring (bicyclic) bond motifs is 2. The largest absolute Gasteiger partial charge is 0.506 e. The van der Waals surface area contributed by atoms with E-state index in [0.29, 0.717) is 22.3 Å². The van der Waals surface area contributed by atoms with E-state index in [1.54, 1.807) is 31.2 Å². The molecular formula is C28H29NO10. The fourth-order valence-corrected chi connectivity index (χ4v) is 5.14. The van der Waals surface area contributed by atoms with Gasteiger partial charge in [-0.1, -0.05) is 24.3 Å². The van der Waals surface area contributed by atoms with E-state index in [4.69, 9.17) is 14.2 Å². The van der Waals surface area contributed by atoms with Crippen molar-refractivity contribution in [3.05, 3.63) is 64.7 Å². The number of aliphatic hydroxyl groups is 4. The highest BCUT2D eigenvalue weighted by molar-refractivity contribution is 6.10. The van der Waals surface area contributed by atoms with Crippen molar-refractivity contribution >= 4 is 22.5 Å². The van der Waals surface area contributed by atoms with Crippen LogP contribution in [0.5, 0.6) is 17.2 Å². The van der Waals surface area contributed by atoms with Crippen molar-refractivity contribution < 1.29 is 49.3 Å². The van der Waals surface area contributed by atoms with Crippen LogP contribution in [0.1, 0.15) is 31.8 Å². The van der Waals surface area contributed by atoms with Crippen LogP contribution >= 0.6 is 0 Å². The van der Waals surface area contributed by atoms with Gasteiger partial charge in [-0.15, -0.1) is 0 Å². The molecule has 5 atom stereocenters. The van der Waals surface area contributed by atoms with E-state index in [-0.39, 0.29) is 35.7 Å². The summed E-state index contributed by atoms with van der Waals surface area (Å²) >= 11 is 0. The molecule has 206 valence electrons. The summed E-state index contributed by atoms with van der Waals surface area (Å²) in [5.41, 5.74) is 1.81. The minimum Gasteiger partial charge on any atom is -0.506 e. The molecular weight excluding hydrogens is 510 g/mol. The molecule has 0 spiro atoms. The number of ether oxygens (including phenoxy) is 3. The number of carbonyl (C=O) groups excluding carboxylic acids is 2. The summed E-state index contributed by atoms with van der Waals surface area (Å²) in [6, 6.07) is 11.8. The van der Waals surface area contributed by atoms with E-state index >= 15 is 0 Å². The summed E-state index contributed by atoms with van der Waals surface area (Å²) in [5.74, 6) is -0.859. The van der Waals surface area contributed by atoms with Crippen molar-refractivity contribution in [3.8, 4) is 17.2 Å². The second-order valence-corrected chi connectivity index (χ2v) is 9.70. The Morgan fingerprint density at radius 2 is 1.85 bits per heavy atom. The average Bonchev–Trinajstić information content (AvgIpc) is 3.23. The van der Waals surface area contributed by atoms with Crippen LogP contribution in [0.3, 0.4) is 0 Å². The van der Waals surface area contributed by atoms with Crippen LogP contribution < -0.4 is 9.47 Å². The Hall–Kier alpha value is -3.74. The Bertz CT molecular complexity index is 1440. The Balaban J connectivity index is 1.51. The van der Waals surface area contributed by atoms with Crippen molar-refractivity contribution in [1.29, 1.82) is 0 Å². The molecule has 1 saturated heterocycles. The number of hydrogen-bond donors (Lipinski definition) is 5. The molecule has 11 nitrogen and oxygen atoms in total. The van der Waals surface area contributed by atoms with Crippen LogP contribution in [0.2, 0.25) is 0 Å². The van der Waals surface area contributed by atoms with Gasteiger partial charge in [-0.3, -0.25) is 9.59 Å². The van der Waals surface area contributed by atoms with Crippen molar-refractivity contribution in [2.75, 3.05) is 20.3 Å². The summed E-state index contributed by atoms with van der Waals surface area (Å²) in [5, 5.41) is 52.2. The number of benzene rings is 3. The van der Waals surface area contributed by atoms with Gasteiger partial charge in [-0.2, -0.15) is 0 Å². The van der Waals surface area contributed by atoms with Gasteiger partial charge >= 0.3 is 0 Å². The molecule has 2 aliphatic rings. The molecule has 3 aromatic rings. The lowest BCUT2D eigenvalue weighted by Crippen LogP contribution is -2.60. The van der Waals surface area contributed by atoms with E-state index in [0.717, 1.165) is 5.56 Å². The number of rotatable bonds is 7. The summed E-state index contributed by atoms with van der Waals surface area (Å²) in [7, 11) is 1.43. The normalized spacial score (nSPS) is 24.6. The third-order valence-electron chi connectivity index (χ3n) is 7.18. The van der Waals surface area contributed by atoms with Gasteiger partial charge in [0, 0.05) is 18.2 Å². The maximum Gasteiger partial charge on any atom is 0.254 e. The first-order valence-corrected chi connectivity index (χ1v) is 12.4. The van der Waals surface area contributed by atoms with Crippen LogP contribution in [0.15, 0.2) is 42.5 Å². The van der Waals surface area contributed by atoms with Crippen molar-refractivity contribution in [3.63, 3.8) is 0 Å². The van der Waals surface area contributed by atoms with E-state index in [2.05, 4.69) is 0 Å². The second kappa shape index (κ2) is 10.4. The molecule has 0 saturated carbocycles. The Morgan fingerprint density at radius 3 is 2.54 bits per heavy atom. The average molecular weight is 540 g/mol. The molecule has 0 aliphatic carbocycles. The monoisotopic (exact) mass is 539 g/mol. The first kappa shape index (κ1) is 26.9. The molecule has 5 N–H and O–H groups in total. The van der Waals surface area contributed by atoms with Gasteiger partial charge in [0.15, 0.2) is 5.78 Å². The number of Topliss-reactive ketones (excluding diaryl/α,β-unsaturated/α-hetero) is 1. The van der Waals surface area contributed by atoms with E-state index in [9.17, 15) is 35.1 Å². The van der Waals surface area contributed by atoms with Crippen molar-refractivity contribution in [2.24, 2.45) is 0 Å². The molecule has 11 heteroatoms. The molecule has 1 amide bonds. The molecule has 0 bridgehead atoms. The highest BCUT2D eigenvalue weighted by Crippen LogP contribution is 2.42. The molecule has 0 aromatic heterocycles. The molecule has 2 aliphatic heterocycles. The van der Waals surface area contributed by atoms with Crippen molar-refractivity contribution in [1.82, 2.24) is 4.90 Å². The zero-order valence-electron chi connectivity index (χ0n) is 21.3. The van der Waals surface area contributed by atoms with Crippen LogP contribution in [0, 0.1) is 6.92 Å². The van der Waals surface area contributed by atoms with E-state index in [1.807, 2.05) is 12.1 Å². The lowest BCUT2D eigenvalue weighted by Gasteiger charge is -2.39. The lowest BCUT2D eigenvalue weighted by atomic mass is 9.96. The topological polar surface area (TPSA) is 166 Å². The number of ketones is 1. The van der Waals surface area contributed by atoms with Gasteiger partial charge in [0.25, 0.3) is 5.91 Å². The minimum atomic E-state index is -1.69. The third kappa shape index (κ3) is 4.68. The van der Waals surface area contributed by atoms with Gasteiger partial charge in [0.1, 0.15) is 41.7 Å². The lowest BCUT2D eigenvalue weighted by molar-refractivity contribution is -0.277. The molecule has 3 aromatic carbocycles. The summed E-state index contributed by atoms with van der Waals surface area (Å²) in [6.07, 6.45) is -7.68. The number of aliphatic hydroxyl groups excluding tert-OH is 4. The molecule has 5 rings (SSSR count). The smallest absolute Gasteiger partial charge is 0.254 e. The van der Waals surface area contributed by atoms with Gasteiger partial charge < -0.3 is 44.6 Å². The number of aromatic hydroxyl groups is 1. The molecule has 0 unspecified atom stereocenters. The molecule has 1 fully saturated rings. The Labute approximate surface area is 223 Å². The molecule has 2 heterocycles. The van der Waals surface area contributed by atoms with Gasteiger partial charge in [-0.25, -0.2) is 0 Å². The summed E-state index contributed by atoms with van der Waals surface area (Å²) < 4.78 is 16.7. The van der Waals surface area contributed by atoms with Crippen molar-refractivity contribution in [2.45, 2.75) is 44.2 Å². The number of carbonyl (C=O) groups is 2. The number of methoxy groups -OCH3 is 1. The number of phenols is 1. The van der Waals surface area contributed by atoms with E-state index in [1.165, 1.54) is 18.1 Å². The SMILES string of the molecule is COc1cc(O[C@@H]2O[C@H](CO)[C@@H](O)[C@H](O)[C@H]2O)c2c(O)c(C(=O)CN3Cc4ccccc4C3=O)c(C)cc2c1. The Morgan fingerprint density at radius 1 is 1.10 bits per heavy atom. The first-order valence-electron chi connectivity index (χ1n) is 12.4. The fourth-order valence-electron chi connectivity index (χ4n) is 5.14. The maximum atomic E-state index is 13.4. The predicted octanol–water partition coefficient (Wildman–Crippen LogP) is 0.880. The Kier molecular flexibility index (Phi) is 7.19. The summed E-state index contributed by atoms with van der Waals surface area (Å²) in [6.45, 7) is 1.03. The quantitative estimate of drug-likeness (QED) is 0.272. The van der Waals surface area contributed by atoms with Crippen LogP contribution in [-0.2, 0) is 11.3 Å². The second-order valence-electron chi connectivity index (χ2n) is 9.70. The summed E-state index contributed by atoms with van der Waals surface area (Å²) in [4.78, 5) is 27.7. The zero-order valence-corrected chi connectivity index (χ0v) is 21.3. The highest BCUT2D eigenvalue weighted by Gasteiger charge is 2.45. The number of amides is 1. The predicted molar refractivity (Wildman–Crippen MR) is 137 cm³/mol. The molecule has 39 heavy (non-hydrogen) atoms. The van der Waals surface area contributed by atoms with E-state index < -0.39 is 48.8 Å². The number of nitrogens with zero attached hydrogens (tertiary/aromatic N) is 1. The maximum absolute atomic E-state index is 13.4. The third-order valence-corrected chi connectivity index (χ3v) is 7.18. The first-order chi connectivity index (χ1) is 18.6. The molecule has 0 radical (unpaired) electrons. The van der Waals surface area contributed by atoms with Gasteiger partial charge in [0.05, 0.1) is 31.2 Å². The zero-order chi connectivity index (χ0) is 28.0. The van der Waals surface area contributed by atoms with Crippen LogP contribution in [-0.4, -0.2) is 93.1 Å². The highest BCUT2D eigenvalue weighted by atomic mass is 16.7. The van der Waals surface area contributed by atoms with Crippen LogP contribution in [0.25, 0.3) is 10.8 Å². The van der Waals surface area contributed by atoms with Gasteiger partial charge in [-0.05, 0) is 35.6 Å². The standard InChI is InChI=1S/C28H29NO10/c1-13-7-15-8-16(37-2)9-19(38-28-26(35)25(34)23(32)20(12-30)39-28)22(15)24(33)21(13)18(31)11-29-10-14-5-3-4-6-17(14)27(29)36/h3-9,20,23,25-26,28,30,32-35H,10-12H2,1-2H3/t20-,23-,25+,26-,28-/m1/s1.